The van der Waals surface area contributed by atoms with Crippen molar-refractivity contribution in [3.05, 3.63) is 105 Å². The second-order valence-corrected chi connectivity index (χ2v) is 13.7. The summed E-state index contributed by atoms with van der Waals surface area (Å²) in [5.74, 6) is -0.615. The standard InChI is InChI=1S/C38H36Cl2N6O5/c1-51-36-23(20-45-14-12-24(21-45)38(49)50)8-10-31(44-36)30-7-3-6-29(35(30)40)28-5-2-4-27(34(28)39)22-13-15-46-32(16-22)42-18-25(37(46)48)17-41-19-26-9-11-33(47)43-26/h2-8,10,13,15-16,18,24,26,41H,9,11-12,14,17,19-21H2,1H3,(H,43,47)(H,49,50)/t24-,26-/m0/s1. The van der Waals surface area contributed by atoms with Gasteiger partial charge in [0.15, 0.2) is 0 Å². The summed E-state index contributed by atoms with van der Waals surface area (Å²) in [7, 11) is 1.57. The van der Waals surface area contributed by atoms with E-state index in [-0.39, 0.29) is 23.4 Å². The highest BCUT2D eigenvalue weighted by atomic mass is 35.5. The number of ether oxygens (including phenoxy) is 1. The third kappa shape index (κ3) is 7.20. The zero-order chi connectivity index (χ0) is 35.6. The van der Waals surface area contributed by atoms with Gasteiger partial charge in [-0.25, -0.2) is 9.97 Å². The van der Waals surface area contributed by atoms with Crippen molar-refractivity contribution in [2.24, 2.45) is 5.92 Å². The van der Waals surface area contributed by atoms with Gasteiger partial charge in [-0.1, -0.05) is 65.7 Å². The van der Waals surface area contributed by atoms with Gasteiger partial charge in [0.25, 0.3) is 5.56 Å². The molecule has 2 fully saturated rings. The lowest BCUT2D eigenvalue weighted by atomic mass is 9.97. The monoisotopic (exact) mass is 726 g/mol. The maximum absolute atomic E-state index is 13.3. The second-order valence-electron chi connectivity index (χ2n) is 12.9. The average molecular weight is 728 g/mol. The normalized spacial score (nSPS) is 17.6. The van der Waals surface area contributed by atoms with E-state index in [4.69, 9.17) is 32.9 Å². The molecule has 0 spiro atoms. The first-order chi connectivity index (χ1) is 24.7. The number of aromatic nitrogens is 3. The molecule has 7 rings (SSSR count). The molecule has 0 aliphatic carbocycles. The first-order valence-electron chi connectivity index (χ1n) is 16.8. The Morgan fingerprint density at radius 3 is 2.45 bits per heavy atom. The van der Waals surface area contributed by atoms with Crippen LogP contribution < -0.4 is 20.9 Å². The summed E-state index contributed by atoms with van der Waals surface area (Å²) in [5.41, 5.74) is 6.06. The summed E-state index contributed by atoms with van der Waals surface area (Å²) in [4.78, 5) is 47.6. The van der Waals surface area contributed by atoms with Crippen LogP contribution in [0.1, 0.15) is 30.4 Å². The number of rotatable bonds is 11. The Labute approximate surface area is 304 Å². The van der Waals surface area contributed by atoms with Gasteiger partial charge < -0.3 is 20.5 Å². The third-order valence-electron chi connectivity index (χ3n) is 9.59. The number of hydrogen-bond donors (Lipinski definition) is 3. The molecule has 2 saturated heterocycles. The lowest BCUT2D eigenvalue weighted by molar-refractivity contribution is -0.141. The van der Waals surface area contributed by atoms with Crippen LogP contribution in [0.3, 0.4) is 0 Å². The fraction of sp³-hybridized carbons (Fsp3) is 0.289. The van der Waals surface area contributed by atoms with Crippen LogP contribution in [0, 0.1) is 5.92 Å². The number of fused-ring (bicyclic) bond motifs is 1. The number of carboxylic acid groups (broad SMARTS) is 1. The second kappa shape index (κ2) is 14.8. The van der Waals surface area contributed by atoms with Gasteiger partial charge in [0.2, 0.25) is 11.8 Å². The number of pyridine rings is 2. The molecule has 0 radical (unpaired) electrons. The van der Waals surface area contributed by atoms with E-state index in [1.54, 1.807) is 19.5 Å². The maximum Gasteiger partial charge on any atom is 0.307 e. The lowest BCUT2D eigenvalue weighted by Gasteiger charge is -2.18. The topological polar surface area (TPSA) is 138 Å². The van der Waals surface area contributed by atoms with Gasteiger partial charge in [-0.05, 0) is 43.1 Å². The Morgan fingerprint density at radius 2 is 1.75 bits per heavy atom. The van der Waals surface area contributed by atoms with Gasteiger partial charge in [0.1, 0.15) is 5.65 Å². The molecule has 0 bridgehead atoms. The number of aliphatic carboxylic acids is 1. The molecule has 13 heteroatoms. The number of likely N-dealkylation sites (tertiary alicyclic amines) is 1. The van der Waals surface area contributed by atoms with E-state index in [2.05, 4.69) is 20.5 Å². The van der Waals surface area contributed by atoms with E-state index in [0.717, 1.165) is 34.2 Å². The van der Waals surface area contributed by atoms with Crippen molar-refractivity contribution in [3.8, 4) is 39.4 Å². The number of nitrogens with zero attached hydrogens (tertiary/aromatic N) is 4. The van der Waals surface area contributed by atoms with Crippen molar-refractivity contribution in [2.75, 3.05) is 26.7 Å². The van der Waals surface area contributed by atoms with E-state index in [0.29, 0.717) is 84.0 Å². The average Bonchev–Trinajstić information content (AvgIpc) is 3.78. The Bertz CT molecular complexity index is 2210. The van der Waals surface area contributed by atoms with E-state index < -0.39 is 5.97 Å². The third-order valence-corrected chi connectivity index (χ3v) is 10.4. The van der Waals surface area contributed by atoms with Gasteiger partial charge in [0.05, 0.1) is 28.8 Å². The zero-order valence-electron chi connectivity index (χ0n) is 27.9. The van der Waals surface area contributed by atoms with Crippen LogP contribution in [0.5, 0.6) is 5.88 Å². The fourth-order valence-electron chi connectivity index (χ4n) is 6.85. The summed E-state index contributed by atoms with van der Waals surface area (Å²) in [6, 6.07) is 19.0. The Balaban J connectivity index is 1.12. The highest BCUT2D eigenvalue weighted by Gasteiger charge is 2.29. The van der Waals surface area contributed by atoms with E-state index in [9.17, 15) is 19.5 Å². The summed E-state index contributed by atoms with van der Waals surface area (Å²) >= 11 is 14.2. The van der Waals surface area contributed by atoms with E-state index >= 15 is 0 Å². The minimum Gasteiger partial charge on any atom is -0.481 e. The van der Waals surface area contributed by atoms with Crippen molar-refractivity contribution in [1.29, 1.82) is 0 Å². The Kier molecular flexibility index (Phi) is 10.1. The zero-order valence-corrected chi connectivity index (χ0v) is 29.4. The molecule has 5 aromatic rings. The van der Waals surface area contributed by atoms with Crippen LogP contribution >= 0.6 is 23.2 Å². The van der Waals surface area contributed by atoms with Crippen LogP contribution in [-0.2, 0) is 22.7 Å². The molecule has 0 unspecified atom stereocenters. The Morgan fingerprint density at radius 1 is 1.00 bits per heavy atom. The summed E-state index contributed by atoms with van der Waals surface area (Å²) in [6.07, 6.45) is 5.22. The van der Waals surface area contributed by atoms with Gasteiger partial charge in [-0.2, -0.15) is 0 Å². The largest absolute Gasteiger partial charge is 0.481 e. The van der Waals surface area contributed by atoms with Crippen LogP contribution in [0.4, 0.5) is 0 Å². The van der Waals surface area contributed by atoms with Crippen LogP contribution in [0.15, 0.2) is 77.9 Å². The number of nitrogens with one attached hydrogen (secondary N) is 2. The number of methoxy groups -OCH3 is 1. The molecule has 2 aliphatic rings. The van der Waals surface area contributed by atoms with E-state index in [1.807, 2.05) is 60.7 Å². The first-order valence-corrected chi connectivity index (χ1v) is 17.5. The lowest BCUT2D eigenvalue weighted by Crippen LogP contribution is -2.36. The molecule has 2 aromatic carbocycles. The molecular formula is C38H36Cl2N6O5. The quantitative estimate of drug-likeness (QED) is 0.157. The molecule has 3 aromatic heterocycles. The highest BCUT2D eigenvalue weighted by molar-refractivity contribution is 6.39. The fourth-order valence-corrected chi connectivity index (χ4v) is 7.51. The van der Waals surface area contributed by atoms with Crippen molar-refractivity contribution in [2.45, 2.75) is 38.4 Å². The number of benzene rings is 2. The smallest absolute Gasteiger partial charge is 0.307 e. The summed E-state index contributed by atoms with van der Waals surface area (Å²) < 4.78 is 7.17. The van der Waals surface area contributed by atoms with Crippen molar-refractivity contribution < 1.29 is 19.4 Å². The summed E-state index contributed by atoms with van der Waals surface area (Å²) in [6.45, 7) is 2.66. The van der Waals surface area contributed by atoms with Gasteiger partial charge in [0, 0.05) is 84.4 Å². The van der Waals surface area contributed by atoms with Crippen LogP contribution in [-0.4, -0.2) is 69.0 Å². The summed E-state index contributed by atoms with van der Waals surface area (Å²) in [5, 5.41) is 16.5. The van der Waals surface area contributed by atoms with Crippen molar-refractivity contribution >= 4 is 40.7 Å². The number of halogens is 2. The number of carboxylic acids is 1. The molecule has 11 nitrogen and oxygen atoms in total. The molecule has 51 heavy (non-hydrogen) atoms. The van der Waals surface area contributed by atoms with Gasteiger partial charge in [-0.15, -0.1) is 0 Å². The van der Waals surface area contributed by atoms with Gasteiger partial charge in [-0.3, -0.25) is 23.7 Å². The molecule has 1 amide bonds. The molecule has 5 heterocycles. The number of carbonyl (C=O) groups is 2. The molecule has 2 atom stereocenters. The van der Waals surface area contributed by atoms with Gasteiger partial charge >= 0.3 is 5.97 Å². The molecule has 0 saturated carbocycles. The maximum atomic E-state index is 13.3. The molecule has 262 valence electrons. The van der Waals surface area contributed by atoms with E-state index in [1.165, 1.54) is 4.40 Å². The molecular weight excluding hydrogens is 691 g/mol. The predicted octanol–water partition coefficient (Wildman–Crippen LogP) is 5.68. The minimum atomic E-state index is -0.767. The molecule has 3 N–H and O–H groups in total. The Hall–Kier alpha value is -4.81. The predicted molar refractivity (Wildman–Crippen MR) is 196 cm³/mol. The minimum absolute atomic E-state index is 0.0568. The SMILES string of the molecule is COc1nc(-c2cccc(-c3cccc(-c4ccn5c(=O)c(CNC[C@@H]6CCC(=O)N6)cnc5c4)c3Cl)c2Cl)ccc1CN1CC[C@H](C(=O)O)C1. The van der Waals surface area contributed by atoms with Crippen molar-refractivity contribution in [1.82, 2.24) is 29.9 Å². The van der Waals surface area contributed by atoms with Crippen LogP contribution in [0.2, 0.25) is 10.0 Å². The van der Waals surface area contributed by atoms with Crippen molar-refractivity contribution in [3.63, 3.8) is 0 Å². The first kappa shape index (κ1) is 34.6. The number of hydrogen-bond acceptors (Lipinski definition) is 8. The highest BCUT2D eigenvalue weighted by Crippen LogP contribution is 2.42. The number of amides is 1. The van der Waals surface area contributed by atoms with Crippen LogP contribution in [0.25, 0.3) is 39.2 Å². The molecule has 2 aliphatic heterocycles. The number of carbonyl (C=O) groups excluding carboxylic acids is 1.